The van der Waals surface area contributed by atoms with E-state index in [1.807, 2.05) is 12.1 Å². The molecule has 2 aromatic rings. The molecule has 3 rings (SSSR count). The third kappa shape index (κ3) is 5.90. The van der Waals surface area contributed by atoms with Gasteiger partial charge in [0.2, 0.25) is 15.9 Å². The number of amides is 2. The quantitative estimate of drug-likeness (QED) is 0.628. The molecule has 0 aliphatic carbocycles. The van der Waals surface area contributed by atoms with Crippen molar-refractivity contribution in [2.24, 2.45) is 5.92 Å². The van der Waals surface area contributed by atoms with Gasteiger partial charge in [0.1, 0.15) is 0 Å². The van der Waals surface area contributed by atoms with Crippen LogP contribution in [0.25, 0.3) is 0 Å². The minimum absolute atomic E-state index is 0.0155. The molecular weight excluding hydrogens is 416 g/mol. The van der Waals surface area contributed by atoms with Gasteiger partial charge < -0.3 is 10.2 Å². The van der Waals surface area contributed by atoms with Gasteiger partial charge in [0.05, 0.1) is 11.4 Å². The summed E-state index contributed by atoms with van der Waals surface area (Å²) in [6, 6.07) is 9.57. The van der Waals surface area contributed by atoms with Crippen molar-refractivity contribution in [2.45, 2.75) is 24.3 Å². The van der Waals surface area contributed by atoms with Crippen molar-refractivity contribution in [3.05, 3.63) is 59.9 Å². The molecule has 1 aliphatic rings. The Morgan fingerprint density at radius 3 is 2.65 bits per heavy atom. The Balaban J connectivity index is 1.56. The monoisotopic (exact) mass is 440 g/mol. The SMILES string of the molecule is C#CCNS(=O)(=O)c1cccc(C(=O)N2CCC(C(=O)NCc3cccnc3)CC2)c1. The highest BCUT2D eigenvalue weighted by Crippen LogP contribution is 2.20. The van der Waals surface area contributed by atoms with Crippen LogP contribution in [0.4, 0.5) is 0 Å². The second-order valence-corrected chi connectivity index (χ2v) is 8.97. The number of likely N-dealkylation sites (tertiary alicyclic amines) is 1. The normalized spacial score (nSPS) is 14.6. The van der Waals surface area contributed by atoms with Crippen molar-refractivity contribution < 1.29 is 18.0 Å². The maximum Gasteiger partial charge on any atom is 0.253 e. The molecule has 1 aromatic heterocycles. The average Bonchev–Trinajstić information content (AvgIpc) is 2.81. The van der Waals surface area contributed by atoms with E-state index in [0.29, 0.717) is 32.5 Å². The summed E-state index contributed by atoms with van der Waals surface area (Å²) in [5.74, 6) is 1.75. The Morgan fingerprint density at radius 1 is 1.19 bits per heavy atom. The first-order valence-electron chi connectivity index (χ1n) is 9.90. The number of aromatic nitrogens is 1. The van der Waals surface area contributed by atoms with Gasteiger partial charge in [0, 0.05) is 43.5 Å². The first-order valence-corrected chi connectivity index (χ1v) is 11.4. The van der Waals surface area contributed by atoms with E-state index in [-0.39, 0.29) is 34.7 Å². The average molecular weight is 441 g/mol. The van der Waals surface area contributed by atoms with Crippen molar-refractivity contribution >= 4 is 21.8 Å². The number of pyridine rings is 1. The molecule has 0 bridgehead atoms. The van der Waals surface area contributed by atoms with Crippen LogP contribution in [0, 0.1) is 18.3 Å². The van der Waals surface area contributed by atoms with Crippen molar-refractivity contribution in [3.8, 4) is 12.3 Å². The predicted molar refractivity (Wildman–Crippen MR) is 115 cm³/mol. The molecule has 0 unspecified atom stereocenters. The van der Waals surface area contributed by atoms with Crippen LogP contribution in [-0.2, 0) is 21.4 Å². The zero-order valence-corrected chi connectivity index (χ0v) is 17.8. The number of terminal acetylenes is 1. The topological polar surface area (TPSA) is 108 Å². The fourth-order valence-electron chi connectivity index (χ4n) is 3.38. The minimum atomic E-state index is -3.78. The highest BCUT2D eigenvalue weighted by molar-refractivity contribution is 7.89. The van der Waals surface area contributed by atoms with Gasteiger partial charge in [-0.3, -0.25) is 14.6 Å². The number of nitrogens with one attached hydrogen (secondary N) is 2. The zero-order chi connectivity index (χ0) is 22.3. The third-order valence-corrected chi connectivity index (χ3v) is 6.50. The Bertz CT molecular complexity index is 1070. The highest BCUT2D eigenvalue weighted by atomic mass is 32.2. The summed E-state index contributed by atoms with van der Waals surface area (Å²) in [7, 11) is -3.78. The maximum atomic E-state index is 12.9. The Hall–Kier alpha value is -3.22. The van der Waals surface area contributed by atoms with E-state index in [0.717, 1.165) is 5.56 Å². The molecule has 2 N–H and O–H groups in total. The lowest BCUT2D eigenvalue weighted by Gasteiger charge is -2.31. The fourth-order valence-corrected chi connectivity index (χ4v) is 4.36. The van der Waals surface area contributed by atoms with Gasteiger partial charge in [-0.05, 0) is 42.7 Å². The summed E-state index contributed by atoms with van der Waals surface area (Å²) < 4.78 is 26.8. The molecule has 0 radical (unpaired) electrons. The predicted octanol–water partition coefficient (Wildman–Crippen LogP) is 1.16. The first kappa shape index (κ1) is 22.5. The van der Waals surface area contributed by atoms with Crippen LogP contribution < -0.4 is 10.0 Å². The van der Waals surface area contributed by atoms with Gasteiger partial charge in [0.15, 0.2) is 0 Å². The third-order valence-electron chi connectivity index (χ3n) is 5.10. The van der Waals surface area contributed by atoms with E-state index in [1.165, 1.54) is 18.2 Å². The zero-order valence-electron chi connectivity index (χ0n) is 17.0. The molecule has 1 aromatic carbocycles. The largest absolute Gasteiger partial charge is 0.352 e. The number of carbonyl (C=O) groups is 2. The number of hydrogen-bond donors (Lipinski definition) is 2. The number of sulfonamides is 1. The summed E-state index contributed by atoms with van der Waals surface area (Å²) >= 11 is 0. The van der Waals surface area contributed by atoms with Crippen molar-refractivity contribution in [3.63, 3.8) is 0 Å². The van der Waals surface area contributed by atoms with Gasteiger partial charge in [-0.15, -0.1) is 6.42 Å². The molecule has 9 heteroatoms. The van der Waals surface area contributed by atoms with Gasteiger partial charge in [-0.25, -0.2) is 8.42 Å². The summed E-state index contributed by atoms with van der Waals surface area (Å²) in [5.41, 5.74) is 1.21. The van der Waals surface area contributed by atoms with E-state index in [1.54, 1.807) is 23.4 Å². The lowest BCUT2D eigenvalue weighted by atomic mass is 9.95. The Labute approximate surface area is 182 Å². The van der Waals surface area contributed by atoms with Gasteiger partial charge in [-0.1, -0.05) is 18.1 Å². The first-order chi connectivity index (χ1) is 14.9. The maximum absolute atomic E-state index is 12.9. The molecule has 1 fully saturated rings. The number of carbonyl (C=O) groups excluding carboxylic acids is 2. The van der Waals surface area contributed by atoms with E-state index in [4.69, 9.17) is 6.42 Å². The van der Waals surface area contributed by atoms with E-state index in [2.05, 4.69) is 20.9 Å². The molecule has 31 heavy (non-hydrogen) atoms. The van der Waals surface area contributed by atoms with Crippen LogP contribution in [-0.4, -0.2) is 49.8 Å². The smallest absolute Gasteiger partial charge is 0.253 e. The molecule has 0 atom stereocenters. The van der Waals surface area contributed by atoms with Crippen LogP contribution in [0.2, 0.25) is 0 Å². The summed E-state index contributed by atoms with van der Waals surface area (Å²) in [6.45, 7) is 1.14. The van der Waals surface area contributed by atoms with Crippen LogP contribution in [0.5, 0.6) is 0 Å². The number of benzene rings is 1. The number of piperidine rings is 1. The Kier molecular flexibility index (Phi) is 7.39. The number of nitrogens with zero attached hydrogens (tertiary/aromatic N) is 2. The summed E-state index contributed by atoms with van der Waals surface area (Å²) in [6.07, 6.45) is 9.58. The number of hydrogen-bond acceptors (Lipinski definition) is 5. The second kappa shape index (κ2) is 10.2. The van der Waals surface area contributed by atoms with Crippen LogP contribution >= 0.6 is 0 Å². The minimum Gasteiger partial charge on any atom is -0.352 e. The Morgan fingerprint density at radius 2 is 1.97 bits per heavy atom. The fraction of sp³-hybridized carbons (Fsp3) is 0.318. The lowest BCUT2D eigenvalue weighted by molar-refractivity contribution is -0.126. The molecule has 2 heterocycles. The highest BCUT2D eigenvalue weighted by Gasteiger charge is 2.28. The molecule has 0 spiro atoms. The van der Waals surface area contributed by atoms with Crippen molar-refractivity contribution in [1.29, 1.82) is 0 Å². The van der Waals surface area contributed by atoms with Crippen LogP contribution in [0.1, 0.15) is 28.8 Å². The van der Waals surface area contributed by atoms with Gasteiger partial charge in [-0.2, -0.15) is 4.72 Å². The molecule has 162 valence electrons. The molecule has 1 aliphatic heterocycles. The van der Waals surface area contributed by atoms with E-state index < -0.39 is 10.0 Å². The van der Waals surface area contributed by atoms with E-state index >= 15 is 0 Å². The summed E-state index contributed by atoms with van der Waals surface area (Å²) in [5, 5.41) is 2.92. The molecular formula is C22H24N4O4S. The van der Waals surface area contributed by atoms with Gasteiger partial charge >= 0.3 is 0 Å². The van der Waals surface area contributed by atoms with Crippen LogP contribution in [0.3, 0.4) is 0 Å². The van der Waals surface area contributed by atoms with Crippen molar-refractivity contribution in [1.82, 2.24) is 19.9 Å². The summed E-state index contributed by atoms with van der Waals surface area (Å²) in [4.78, 5) is 30.9. The standard InChI is InChI=1S/C22H24N4O4S/c1-2-10-25-31(29,30)20-7-3-6-19(14-20)22(28)26-12-8-18(9-13-26)21(27)24-16-17-5-4-11-23-15-17/h1,3-7,11,14-15,18,25H,8-10,12-13,16H2,(H,24,27). The molecule has 0 saturated carbocycles. The molecule has 2 amide bonds. The molecule has 8 nitrogen and oxygen atoms in total. The number of rotatable bonds is 7. The lowest BCUT2D eigenvalue weighted by Crippen LogP contribution is -2.43. The molecule has 1 saturated heterocycles. The van der Waals surface area contributed by atoms with Gasteiger partial charge in [0.25, 0.3) is 5.91 Å². The van der Waals surface area contributed by atoms with E-state index in [9.17, 15) is 18.0 Å². The van der Waals surface area contributed by atoms with Crippen molar-refractivity contribution in [2.75, 3.05) is 19.6 Å². The van der Waals surface area contributed by atoms with Crippen LogP contribution in [0.15, 0.2) is 53.7 Å². The second-order valence-electron chi connectivity index (χ2n) is 7.20.